The Morgan fingerprint density at radius 2 is 1.62 bits per heavy atom. The van der Waals surface area contributed by atoms with Crippen molar-refractivity contribution >= 4 is 23.7 Å². The van der Waals surface area contributed by atoms with Gasteiger partial charge in [-0.25, -0.2) is 4.79 Å². The lowest BCUT2D eigenvalue weighted by atomic mass is 10.1. The molecule has 3 amide bonds. The Kier molecular flexibility index (Phi) is 6.54. The highest BCUT2D eigenvalue weighted by atomic mass is 16.4. The molecule has 5 N–H and O–H groups in total. The average Bonchev–Trinajstić information content (AvgIpc) is 3.28. The van der Waals surface area contributed by atoms with Gasteiger partial charge in [0.1, 0.15) is 24.2 Å². The van der Waals surface area contributed by atoms with Gasteiger partial charge in [0.25, 0.3) is 0 Å². The van der Waals surface area contributed by atoms with Crippen molar-refractivity contribution in [3.8, 4) is 0 Å². The predicted octanol–water partition coefficient (Wildman–Crippen LogP) is -2.12. The van der Waals surface area contributed by atoms with Crippen LogP contribution in [-0.2, 0) is 19.2 Å². The fourth-order valence-corrected chi connectivity index (χ4v) is 3.50. The molecule has 2 saturated heterocycles. The largest absolute Gasteiger partial charge is 0.480 e. The van der Waals surface area contributed by atoms with E-state index in [1.807, 2.05) is 0 Å². The zero-order valence-corrected chi connectivity index (χ0v) is 14.8. The van der Waals surface area contributed by atoms with Crippen molar-refractivity contribution in [1.82, 2.24) is 15.1 Å². The first-order chi connectivity index (χ1) is 12.3. The average molecular weight is 370 g/mol. The summed E-state index contributed by atoms with van der Waals surface area (Å²) in [6.45, 7) is 1.69. The highest BCUT2D eigenvalue weighted by Gasteiger charge is 2.39. The Hall–Kier alpha value is -2.20. The van der Waals surface area contributed by atoms with Gasteiger partial charge < -0.3 is 31.1 Å². The Labute approximate surface area is 151 Å². The van der Waals surface area contributed by atoms with Gasteiger partial charge in [-0.15, -0.1) is 0 Å². The van der Waals surface area contributed by atoms with Crippen LogP contribution in [0.5, 0.6) is 0 Å². The topological polar surface area (TPSA) is 153 Å². The van der Waals surface area contributed by atoms with Gasteiger partial charge in [0, 0.05) is 13.1 Å². The number of amides is 3. The summed E-state index contributed by atoms with van der Waals surface area (Å²) in [7, 11) is 0. The number of nitrogens with one attached hydrogen (secondary N) is 1. The molecule has 2 aliphatic rings. The molecule has 0 aromatic carbocycles. The first-order valence-electron chi connectivity index (χ1n) is 8.78. The lowest BCUT2D eigenvalue weighted by Crippen LogP contribution is -2.56. The number of aliphatic hydroxyl groups is 1. The number of carbonyl (C=O) groups is 4. The van der Waals surface area contributed by atoms with E-state index in [0.717, 1.165) is 0 Å². The minimum absolute atomic E-state index is 0.343. The van der Waals surface area contributed by atoms with E-state index in [4.69, 9.17) is 10.8 Å². The number of aliphatic hydroxyl groups excluding tert-OH is 1. The van der Waals surface area contributed by atoms with Gasteiger partial charge in [0.2, 0.25) is 17.7 Å². The molecule has 0 aromatic rings. The minimum Gasteiger partial charge on any atom is -0.480 e. The summed E-state index contributed by atoms with van der Waals surface area (Å²) >= 11 is 0. The Morgan fingerprint density at radius 1 is 1.08 bits per heavy atom. The van der Waals surface area contributed by atoms with Crippen LogP contribution in [0.3, 0.4) is 0 Å². The van der Waals surface area contributed by atoms with Crippen LogP contribution < -0.4 is 11.1 Å². The molecule has 2 fully saturated rings. The van der Waals surface area contributed by atoms with Gasteiger partial charge >= 0.3 is 5.97 Å². The lowest BCUT2D eigenvalue weighted by Gasteiger charge is -2.29. The molecule has 146 valence electrons. The molecular formula is C16H26N4O6. The molecule has 10 heteroatoms. The van der Waals surface area contributed by atoms with E-state index >= 15 is 0 Å². The van der Waals surface area contributed by atoms with Crippen molar-refractivity contribution in [2.75, 3.05) is 19.7 Å². The molecular weight excluding hydrogens is 344 g/mol. The van der Waals surface area contributed by atoms with Gasteiger partial charge in [-0.1, -0.05) is 0 Å². The van der Waals surface area contributed by atoms with Gasteiger partial charge in [0.15, 0.2) is 0 Å². The molecule has 0 aliphatic carbocycles. The first-order valence-corrected chi connectivity index (χ1v) is 8.78. The summed E-state index contributed by atoms with van der Waals surface area (Å²) in [4.78, 5) is 51.0. The monoisotopic (exact) mass is 370 g/mol. The van der Waals surface area contributed by atoms with E-state index in [1.165, 1.54) is 16.7 Å². The summed E-state index contributed by atoms with van der Waals surface area (Å²) < 4.78 is 0. The number of carboxylic acid groups (broad SMARTS) is 1. The van der Waals surface area contributed by atoms with E-state index in [1.54, 1.807) is 0 Å². The molecule has 26 heavy (non-hydrogen) atoms. The van der Waals surface area contributed by atoms with Crippen LogP contribution in [0.2, 0.25) is 0 Å². The van der Waals surface area contributed by atoms with Gasteiger partial charge in [-0.3, -0.25) is 14.4 Å². The van der Waals surface area contributed by atoms with E-state index < -0.39 is 54.5 Å². The number of nitrogens with two attached hydrogens (primary N) is 1. The molecule has 0 saturated carbocycles. The molecule has 0 radical (unpaired) electrons. The van der Waals surface area contributed by atoms with Crippen molar-refractivity contribution in [3.63, 3.8) is 0 Å². The third-order valence-corrected chi connectivity index (χ3v) is 4.90. The Balaban J connectivity index is 1.98. The van der Waals surface area contributed by atoms with Crippen LogP contribution in [-0.4, -0.2) is 87.6 Å². The summed E-state index contributed by atoms with van der Waals surface area (Å²) in [5.41, 5.74) is 5.55. The van der Waals surface area contributed by atoms with Crippen LogP contribution in [0.4, 0.5) is 0 Å². The minimum atomic E-state index is -1.08. The number of nitrogens with zero attached hydrogens (tertiary/aromatic N) is 2. The number of rotatable bonds is 6. The highest BCUT2D eigenvalue weighted by Crippen LogP contribution is 2.20. The number of hydrogen-bond acceptors (Lipinski definition) is 6. The SMILES string of the molecule is CC(NC(=O)C1CCCN1C(=O)C(N)CO)C(=O)N1CCCC1C(=O)O. The van der Waals surface area contributed by atoms with Gasteiger partial charge in [0.05, 0.1) is 6.61 Å². The fraction of sp³-hybridized carbons (Fsp3) is 0.750. The molecule has 2 aliphatic heterocycles. The maximum atomic E-state index is 12.5. The summed E-state index contributed by atoms with van der Waals surface area (Å²) in [5, 5.41) is 20.8. The number of likely N-dealkylation sites (tertiary alicyclic amines) is 2. The van der Waals surface area contributed by atoms with Crippen molar-refractivity contribution in [1.29, 1.82) is 0 Å². The second-order valence-electron chi connectivity index (χ2n) is 6.74. The van der Waals surface area contributed by atoms with Crippen molar-refractivity contribution in [2.24, 2.45) is 5.73 Å². The molecule has 0 aromatic heterocycles. The maximum Gasteiger partial charge on any atom is 0.326 e. The van der Waals surface area contributed by atoms with E-state index in [9.17, 15) is 24.3 Å². The third-order valence-electron chi connectivity index (χ3n) is 4.90. The maximum absolute atomic E-state index is 12.5. The standard InChI is InChI=1S/C16H26N4O6/c1-9(14(23)20-7-3-5-12(20)16(25)26)18-13(22)11-4-2-6-19(11)15(24)10(17)8-21/h9-12,21H,2-8,17H2,1H3,(H,18,22)(H,25,26). The number of hydrogen-bond donors (Lipinski definition) is 4. The van der Waals surface area contributed by atoms with Crippen LogP contribution in [0.25, 0.3) is 0 Å². The molecule has 10 nitrogen and oxygen atoms in total. The zero-order chi connectivity index (χ0) is 19.4. The Morgan fingerprint density at radius 3 is 2.15 bits per heavy atom. The summed E-state index contributed by atoms with van der Waals surface area (Å²) in [6, 6.07) is -3.59. The fourth-order valence-electron chi connectivity index (χ4n) is 3.50. The molecule has 0 bridgehead atoms. The third kappa shape index (κ3) is 4.13. The van der Waals surface area contributed by atoms with E-state index in [-0.39, 0.29) is 0 Å². The first kappa shape index (κ1) is 20.1. The number of aliphatic carboxylic acids is 1. The van der Waals surface area contributed by atoms with Gasteiger partial charge in [-0.2, -0.15) is 0 Å². The lowest BCUT2D eigenvalue weighted by molar-refractivity contribution is -0.149. The van der Waals surface area contributed by atoms with Crippen LogP contribution in [0, 0.1) is 0 Å². The highest BCUT2D eigenvalue weighted by molar-refractivity contribution is 5.94. The molecule has 4 atom stereocenters. The molecule has 2 rings (SSSR count). The van der Waals surface area contributed by atoms with Crippen LogP contribution in [0.1, 0.15) is 32.6 Å². The normalized spacial score (nSPS) is 25.0. The van der Waals surface area contributed by atoms with Crippen molar-refractivity contribution in [3.05, 3.63) is 0 Å². The van der Waals surface area contributed by atoms with Crippen molar-refractivity contribution in [2.45, 2.75) is 56.8 Å². The summed E-state index contributed by atoms with van der Waals surface area (Å²) in [5.74, 6) is -2.49. The molecule has 2 heterocycles. The quantitative estimate of drug-likeness (QED) is 0.417. The van der Waals surface area contributed by atoms with Crippen molar-refractivity contribution < 1.29 is 29.4 Å². The Bertz CT molecular complexity index is 583. The second-order valence-corrected chi connectivity index (χ2v) is 6.74. The molecule has 0 spiro atoms. The smallest absolute Gasteiger partial charge is 0.326 e. The van der Waals surface area contributed by atoms with E-state index in [0.29, 0.717) is 38.8 Å². The summed E-state index contributed by atoms with van der Waals surface area (Å²) in [6.07, 6.45) is 2.06. The number of carboxylic acids is 1. The number of carbonyl (C=O) groups excluding carboxylic acids is 3. The second kappa shape index (κ2) is 8.45. The molecule has 4 unspecified atom stereocenters. The van der Waals surface area contributed by atoms with Crippen LogP contribution in [0.15, 0.2) is 0 Å². The van der Waals surface area contributed by atoms with Gasteiger partial charge in [-0.05, 0) is 32.6 Å². The predicted molar refractivity (Wildman–Crippen MR) is 89.8 cm³/mol. The van der Waals surface area contributed by atoms with E-state index in [2.05, 4.69) is 5.32 Å². The van der Waals surface area contributed by atoms with Crippen LogP contribution >= 0.6 is 0 Å². The zero-order valence-electron chi connectivity index (χ0n) is 14.8.